The van der Waals surface area contributed by atoms with Crippen LogP contribution in [0.2, 0.25) is 0 Å². The van der Waals surface area contributed by atoms with E-state index in [4.69, 9.17) is 0 Å². The van der Waals surface area contributed by atoms with Crippen molar-refractivity contribution in [3.63, 3.8) is 0 Å². The van der Waals surface area contributed by atoms with Crippen molar-refractivity contribution in [2.24, 2.45) is 5.92 Å². The minimum Gasteiger partial charge on any atom is -0.348 e. The number of sulfone groups is 1. The molecule has 2 atom stereocenters. The van der Waals surface area contributed by atoms with Crippen LogP contribution in [0.3, 0.4) is 0 Å². The first kappa shape index (κ1) is 18.7. The Labute approximate surface area is 134 Å². The maximum atomic E-state index is 12.2. The highest BCUT2D eigenvalue weighted by molar-refractivity contribution is 7.92. The average Bonchev–Trinajstić information content (AvgIpc) is 2.42. The molecule has 4 nitrogen and oxygen atoms in total. The van der Waals surface area contributed by atoms with Gasteiger partial charge in [0.2, 0.25) is 5.91 Å². The van der Waals surface area contributed by atoms with Crippen molar-refractivity contribution >= 4 is 15.7 Å². The molecule has 0 saturated heterocycles. The Hall–Kier alpha value is -1.36. The Morgan fingerprint density at radius 3 is 1.77 bits per heavy atom. The molecule has 0 radical (unpaired) electrons. The minimum atomic E-state index is -3.39. The summed E-state index contributed by atoms with van der Waals surface area (Å²) in [5.74, 6) is 0.168. The number of amides is 1. The largest absolute Gasteiger partial charge is 0.348 e. The number of benzene rings is 1. The second-order valence-corrected chi connectivity index (χ2v) is 8.89. The molecule has 1 rings (SSSR count). The molecule has 1 aromatic carbocycles. The van der Waals surface area contributed by atoms with Crippen LogP contribution in [-0.2, 0) is 14.6 Å². The standard InChI is InChI=1S/C17H27NO3S/c1-11(2)14-7-9-15(10-8-14)16(12(3)4)18-17(19)13(5)22(6,20)21/h7-13,16H,1-6H3,(H,18,19)/t13-,16+/m0/s1. The molecule has 0 aliphatic rings. The van der Waals surface area contributed by atoms with Crippen LogP contribution in [0.5, 0.6) is 0 Å². The third kappa shape index (κ3) is 4.83. The van der Waals surface area contributed by atoms with E-state index in [1.54, 1.807) is 0 Å². The molecule has 0 spiro atoms. The molecular weight excluding hydrogens is 298 g/mol. The van der Waals surface area contributed by atoms with Crippen molar-refractivity contribution < 1.29 is 13.2 Å². The molecule has 0 aliphatic heterocycles. The van der Waals surface area contributed by atoms with Gasteiger partial charge >= 0.3 is 0 Å². The lowest BCUT2D eigenvalue weighted by atomic mass is 9.93. The highest BCUT2D eigenvalue weighted by atomic mass is 32.2. The molecule has 124 valence electrons. The third-order valence-electron chi connectivity index (χ3n) is 3.94. The molecule has 0 fully saturated rings. The molecule has 0 aromatic heterocycles. The van der Waals surface area contributed by atoms with Crippen LogP contribution in [0.1, 0.15) is 57.7 Å². The molecular formula is C17H27NO3S. The zero-order chi connectivity index (χ0) is 17.1. The predicted molar refractivity (Wildman–Crippen MR) is 90.6 cm³/mol. The van der Waals surface area contributed by atoms with Crippen molar-refractivity contribution in [2.75, 3.05) is 6.26 Å². The summed E-state index contributed by atoms with van der Waals surface area (Å²) in [5, 5.41) is 1.83. The molecule has 0 aliphatic carbocycles. The van der Waals surface area contributed by atoms with Crippen LogP contribution in [0.15, 0.2) is 24.3 Å². The molecule has 1 aromatic rings. The second-order valence-electron chi connectivity index (χ2n) is 6.52. The number of hydrogen-bond acceptors (Lipinski definition) is 3. The van der Waals surface area contributed by atoms with E-state index in [1.807, 2.05) is 26.0 Å². The van der Waals surface area contributed by atoms with E-state index < -0.39 is 21.0 Å². The molecule has 0 unspecified atom stereocenters. The van der Waals surface area contributed by atoms with E-state index in [9.17, 15) is 13.2 Å². The second kappa shape index (κ2) is 7.27. The van der Waals surface area contributed by atoms with Crippen molar-refractivity contribution in [3.8, 4) is 0 Å². The Morgan fingerprint density at radius 2 is 1.41 bits per heavy atom. The van der Waals surface area contributed by atoms with Gasteiger partial charge in [-0.1, -0.05) is 52.0 Å². The SMILES string of the molecule is CC(C)c1ccc([C@H](NC(=O)[C@H](C)S(C)(=O)=O)C(C)C)cc1. The predicted octanol–water partition coefficient (Wildman–Crippen LogP) is 3.06. The summed E-state index contributed by atoms with van der Waals surface area (Å²) in [4.78, 5) is 12.2. The van der Waals surface area contributed by atoms with Crippen molar-refractivity contribution in [1.82, 2.24) is 5.32 Å². The number of nitrogens with one attached hydrogen (secondary N) is 1. The normalized spacial score (nSPS) is 14.9. The minimum absolute atomic E-state index is 0.167. The van der Waals surface area contributed by atoms with Crippen LogP contribution >= 0.6 is 0 Å². The van der Waals surface area contributed by atoms with Gasteiger partial charge in [-0.25, -0.2) is 8.42 Å². The highest BCUT2D eigenvalue weighted by Crippen LogP contribution is 2.24. The van der Waals surface area contributed by atoms with Crippen LogP contribution in [0, 0.1) is 5.92 Å². The van der Waals surface area contributed by atoms with Crippen LogP contribution in [0.4, 0.5) is 0 Å². The maximum absolute atomic E-state index is 12.2. The van der Waals surface area contributed by atoms with Gasteiger partial charge < -0.3 is 5.32 Å². The number of carbonyl (C=O) groups is 1. The summed E-state index contributed by atoms with van der Waals surface area (Å²) in [6.45, 7) is 9.69. The summed E-state index contributed by atoms with van der Waals surface area (Å²) >= 11 is 0. The summed E-state index contributed by atoms with van der Waals surface area (Å²) < 4.78 is 23.0. The molecule has 22 heavy (non-hydrogen) atoms. The highest BCUT2D eigenvalue weighted by Gasteiger charge is 2.27. The van der Waals surface area contributed by atoms with E-state index in [2.05, 4.69) is 31.3 Å². The van der Waals surface area contributed by atoms with Gasteiger partial charge in [0, 0.05) is 6.26 Å². The quantitative estimate of drug-likeness (QED) is 0.874. The van der Waals surface area contributed by atoms with Crippen molar-refractivity contribution in [2.45, 2.75) is 51.8 Å². The maximum Gasteiger partial charge on any atom is 0.238 e. The number of hydrogen-bond donors (Lipinski definition) is 1. The fourth-order valence-electron chi connectivity index (χ4n) is 2.19. The van der Waals surface area contributed by atoms with Gasteiger partial charge in [0.1, 0.15) is 5.25 Å². The molecule has 1 amide bonds. The molecule has 0 heterocycles. The first-order chi connectivity index (χ1) is 10.0. The number of carbonyl (C=O) groups excluding carboxylic acids is 1. The van der Waals surface area contributed by atoms with Gasteiger partial charge in [-0.05, 0) is 29.9 Å². The Balaban J connectivity index is 2.97. The summed E-state index contributed by atoms with van der Waals surface area (Å²) in [7, 11) is -3.39. The van der Waals surface area contributed by atoms with Gasteiger partial charge in [0.15, 0.2) is 9.84 Å². The van der Waals surface area contributed by atoms with Gasteiger partial charge in [-0.15, -0.1) is 0 Å². The van der Waals surface area contributed by atoms with E-state index in [0.29, 0.717) is 5.92 Å². The lowest BCUT2D eigenvalue weighted by Gasteiger charge is -2.25. The van der Waals surface area contributed by atoms with Crippen molar-refractivity contribution in [3.05, 3.63) is 35.4 Å². The first-order valence-electron chi connectivity index (χ1n) is 7.63. The average molecular weight is 325 g/mol. The molecule has 5 heteroatoms. The smallest absolute Gasteiger partial charge is 0.238 e. The van der Waals surface area contributed by atoms with E-state index in [-0.39, 0.29) is 12.0 Å². The third-order valence-corrected chi connectivity index (χ3v) is 5.44. The summed E-state index contributed by atoms with van der Waals surface area (Å²) in [5.41, 5.74) is 2.23. The fourth-order valence-corrected chi connectivity index (χ4v) is 2.65. The van der Waals surface area contributed by atoms with Crippen LogP contribution in [-0.4, -0.2) is 25.8 Å². The number of rotatable bonds is 6. The van der Waals surface area contributed by atoms with Gasteiger partial charge in [0.25, 0.3) is 0 Å². The summed E-state index contributed by atoms with van der Waals surface area (Å²) in [6, 6.07) is 7.93. The lowest BCUT2D eigenvalue weighted by Crippen LogP contribution is -2.41. The molecule has 0 bridgehead atoms. The van der Waals surface area contributed by atoms with E-state index >= 15 is 0 Å². The fraction of sp³-hybridized carbons (Fsp3) is 0.588. The molecule has 0 saturated carbocycles. The van der Waals surface area contributed by atoms with Crippen LogP contribution < -0.4 is 5.32 Å². The monoisotopic (exact) mass is 325 g/mol. The van der Waals surface area contributed by atoms with Gasteiger partial charge in [-0.2, -0.15) is 0 Å². The van der Waals surface area contributed by atoms with E-state index in [1.165, 1.54) is 12.5 Å². The van der Waals surface area contributed by atoms with E-state index in [0.717, 1.165) is 11.8 Å². The summed E-state index contributed by atoms with van der Waals surface area (Å²) in [6.07, 6.45) is 1.08. The Morgan fingerprint density at radius 1 is 0.955 bits per heavy atom. The lowest BCUT2D eigenvalue weighted by molar-refractivity contribution is -0.121. The zero-order valence-corrected chi connectivity index (χ0v) is 15.1. The van der Waals surface area contributed by atoms with Gasteiger partial charge in [-0.3, -0.25) is 4.79 Å². The van der Waals surface area contributed by atoms with Gasteiger partial charge in [0.05, 0.1) is 6.04 Å². The Bertz CT molecular complexity index is 603. The molecule has 1 N–H and O–H groups in total. The zero-order valence-electron chi connectivity index (χ0n) is 14.3. The topological polar surface area (TPSA) is 63.2 Å². The van der Waals surface area contributed by atoms with Crippen molar-refractivity contribution in [1.29, 1.82) is 0 Å². The van der Waals surface area contributed by atoms with Crippen LogP contribution in [0.25, 0.3) is 0 Å². The Kier molecular flexibility index (Phi) is 6.17. The first-order valence-corrected chi connectivity index (χ1v) is 9.58.